The standard InChI is InChI=1S/C14H14F2OS/c15-12-5-11(6-13(16)8-12)7-14(17)2-1-10-3-4-18-9-10/h3-6,8-9,14,17H,1-2,7H2. The Hall–Kier alpha value is -1.26. The fourth-order valence-corrected chi connectivity index (χ4v) is 2.57. The first kappa shape index (κ1) is 13.2. The number of aryl methyl sites for hydroxylation is 1. The molecule has 1 aromatic heterocycles. The van der Waals surface area contributed by atoms with E-state index in [1.165, 1.54) is 17.7 Å². The fourth-order valence-electron chi connectivity index (χ4n) is 1.87. The SMILES string of the molecule is OC(CCc1ccsc1)Cc1cc(F)cc(F)c1. The first-order valence-electron chi connectivity index (χ1n) is 5.77. The second kappa shape index (κ2) is 6.07. The largest absolute Gasteiger partial charge is 0.393 e. The van der Waals surface area contributed by atoms with Crippen molar-refractivity contribution < 1.29 is 13.9 Å². The van der Waals surface area contributed by atoms with Crippen LogP contribution in [0.5, 0.6) is 0 Å². The molecule has 4 heteroatoms. The topological polar surface area (TPSA) is 20.2 Å². The van der Waals surface area contributed by atoms with Crippen LogP contribution in [0.4, 0.5) is 8.78 Å². The molecule has 1 N–H and O–H groups in total. The van der Waals surface area contributed by atoms with E-state index in [9.17, 15) is 13.9 Å². The lowest BCUT2D eigenvalue weighted by atomic mass is 10.0. The van der Waals surface area contributed by atoms with Gasteiger partial charge in [-0.2, -0.15) is 11.3 Å². The number of halogens is 2. The lowest BCUT2D eigenvalue weighted by Crippen LogP contribution is -2.11. The number of rotatable bonds is 5. The van der Waals surface area contributed by atoms with E-state index in [2.05, 4.69) is 0 Å². The van der Waals surface area contributed by atoms with Crippen LogP contribution in [0.3, 0.4) is 0 Å². The van der Waals surface area contributed by atoms with Crippen molar-refractivity contribution in [1.82, 2.24) is 0 Å². The maximum atomic E-state index is 13.0. The zero-order chi connectivity index (χ0) is 13.0. The second-order valence-electron chi connectivity index (χ2n) is 4.31. The second-order valence-corrected chi connectivity index (χ2v) is 5.09. The molecule has 0 amide bonds. The van der Waals surface area contributed by atoms with Gasteiger partial charge in [0.1, 0.15) is 11.6 Å². The Kier molecular flexibility index (Phi) is 4.44. The molecule has 1 unspecified atom stereocenters. The molecule has 1 heterocycles. The van der Waals surface area contributed by atoms with Gasteiger partial charge in [0.25, 0.3) is 0 Å². The Morgan fingerprint density at radius 2 is 1.83 bits per heavy atom. The summed E-state index contributed by atoms with van der Waals surface area (Å²) in [5.74, 6) is -1.20. The van der Waals surface area contributed by atoms with Crippen molar-refractivity contribution >= 4 is 11.3 Å². The molecule has 2 rings (SSSR count). The van der Waals surface area contributed by atoms with Crippen LogP contribution in [-0.4, -0.2) is 11.2 Å². The van der Waals surface area contributed by atoms with E-state index in [1.54, 1.807) is 11.3 Å². The van der Waals surface area contributed by atoms with Gasteiger partial charge in [-0.3, -0.25) is 0 Å². The predicted molar refractivity (Wildman–Crippen MR) is 68.7 cm³/mol. The van der Waals surface area contributed by atoms with E-state index in [1.807, 2.05) is 16.8 Å². The highest BCUT2D eigenvalue weighted by molar-refractivity contribution is 7.07. The molecule has 18 heavy (non-hydrogen) atoms. The first-order chi connectivity index (χ1) is 8.63. The van der Waals surface area contributed by atoms with Crippen molar-refractivity contribution in [1.29, 1.82) is 0 Å². The van der Waals surface area contributed by atoms with Gasteiger partial charge < -0.3 is 5.11 Å². The van der Waals surface area contributed by atoms with Gasteiger partial charge in [-0.25, -0.2) is 8.78 Å². The molecule has 1 aromatic carbocycles. The fraction of sp³-hybridized carbons (Fsp3) is 0.286. The number of hydrogen-bond donors (Lipinski definition) is 1. The van der Waals surface area contributed by atoms with E-state index in [-0.39, 0.29) is 6.42 Å². The van der Waals surface area contributed by atoms with Crippen LogP contribution in [0.1, 0.15) is 17.5 Å². The molecule has 0 bridgehead atoms. The Bertz CT molecular complexity index is 476. The third kappa shape index (κ3) is 3.89. The molecular weight excluding hydrogens is 254 g/mol. The maximum absolute atomic E-state index is 13.0. The van der Waals surface area contributed by atoms with Gasteiger partial charge in [0.15, 0.2) is 0 Å². The predicted octanol–water partition coefficient (Wildman–Crippen LogP) is 3.56. The van der Waals surface area contributed by atoms with E-state index >= 15 is 0 Å². The van der Waals surface area contributed by atoms with Crippen LogP contribution >= 0.6 is 11.3 Å². The number of aliphatic hydroxyl groups is 1. The van der Waals surface area contributed by atoms with Gasteiger partial charge in [-0.15, -0.1) is 0 Å². The molecule has 0 saturated carbocycles. The van der Waals surface area contributed by atoms with Crippen molar-refractivity contribution in [2.45, 2.75) is 25.4 Å². The summed E-state index contributed by atoms with van der Waals surface area (Å²) in [6, 6.07) is 5.37. The van der Waals surface area contributed by atoms with Crippen molar-refractivity contribution in [2.75, 3.05) is 0 Å². The van der Waals surface area contributed by atoms with Crippen LogP contribution in [-0.2, 0) is 12.8 Å². The molecule has 96 valence electrons. The Balaban J connectivity index is 1.88. The van der Waals surface area contributed by atoms with E-state index in [0.29, 0.717) is 12.0 Å². The molecular formula is C14H14F2OS. The molecule has 1 nitrogen and oxygen atoms in total. The molecule has 1 atom stereocenters. The molecule has 0 spiro atoms. The smallest absolute Gasteiger partial charge is 0.126 e. The average molecular weight is 268 g/mol. The van der Waals surface area contributed by atoms with Crippen LogP contribution in [0.15, 0.2) is 35.0 Å². The average Bonchev–Trinajstić information content (AvgIpc) is 2.77. The zero-order valence-corrected chi connectivity index (χ0v) is 10.6. The monoisotopic (exact) mass is 268 g/mol. The Morgan fingerprint density at radius 1 is 1.11 bits per heavy atom. The number of benzene rings is 1. The molecule has 0 aliphatic rings. The molecule has 2 aromatic rings. The Labute approximate surface area is 109 Å². The molecule has 0 aliphatic heterocycles. The third-order valence-electron chi connectivity index (χ3n) is 2.74. The highest BCUT2D eigenvalue weighted by atomic mass is 32.1. The van der Waals surface area contributed by atoms with Gasteiger partial charge in [0, 0.05) is 6.07 Å². The first-order valence-corrected chi connectivity index (χ1v) is 6.72. The zero-order valence-electron chi connectivity index (χ0n) is 9.77. The highest BCUT2D eigenvalue weighted by Gasteiger charge is 2.08. The lowest BCUT2D eigenvalue weighted by molar-refractivity contribution is 0.165. The summed E-state index contributed by atoms with van der Waals surface area (Å²) in [6.45, 7) is 0. The van der Waals surface area contributed by atoms with Crippen LogP contribution in [0.2, 0.25) is 0 Å². The van der Waals surface area contributed by atoms with E-state index < -0.39 is 17.7 Å². The van der Waals surface area contributed by atoms with Gasteiger partial charge in [0.05, 0.1) is 6.10 Å². The van der Waals surface area contributed by atoms with Crippen LogP contribution < -0.4 is 0 Å². The van der Waals surface area contributed by atoms with E-state index in [0.717, 1.165) is 12.5 Å². The van der Waals surface area contributed by atoms with Crippen molar-refractivity contribution in [3.63, 3.8) is 0 Å². The van der Waals surface area contributed by atoms with Crippen LogP contribution in [0, 0.1) is 11.6 Å². The minimum atomic E-state index is -0.602. The summed E-state index contributed by atoms with van der Waals surface area (Å²) in [7, 11) is 0. The van der Waals surface area contributed by atoms with Crippen LogP contribution in [0.25, 0.3) is 0 Å². The quantitative estimate of drug-likeness (QED) is 0.879. The van der Waals surface area contributed by atoms with Gasteiger partial charge in [-0.05, 0) is 59.3 Å². The highest BCUT2D eigenvalue weighted by Crippen LogP contribution is 2.14. The number of aliphatic hydroxyl groups excluding tert-OH is 1. The number of hydrogen-bond acceptors (Lipinski definition) is 2. The van der Waals surface area contributed by atoms with Gasteiger partial charge in [-0.1, -0.05) is 0 Å². The van der Waals surface area contributed by atoms with E-state index in [4.69, 9.17) is 0 Å². The molecule has 0 radical (unpaired) electrons. The maximum Gasteiger partial charge on any atom is 0.126 e. The third-order valence-corrected chi connectivity index (χ3v) is 3.47. The summed E-state index contributed by atoms with van der Waals surface area (Å²) < 4.78 is 25.9. The minimum Gasteiger partial charge on any atom is -0.393 e. The molecule has 0 saturated heterocycles. The minimum absolute atomic E-state index is 0.277. The molecule has 0 aliphatic carbocycles. The Morgan fingerprint density at radius 3 is 2.44 bits per heavy atom. The van der Waals surface area contributed by atoms with Crippen molar-refractivity contribution in [2.24, 2.45) is 0 Å². The van der Waals surface area contributed by atoms with Crippen molar-refractivity contribution in [3.8, 4) is 0 Å². The molecule has 0 fully saturated rings. The summed E-state index contributed by atoms with van der Waals surface area (Å²) in [6.07, 6.45) is 1.07. The summed E-state index contributed by atoms with van der Waals surface area (Å²) in [4.78, 5) is 0. The normalized spacial score (nSPS) is 12.6. The van der Waals surface area contributed by atoms with Gasteiger partial charge in [0.2, 0.25) is 0 Å². The van der Waals surface area contributed by atoms with Gasteiger partial charge >= 0.3 is 0 Å². The summed E-state index contributed by atoms with van der Waals surface area (Å²) in [5, 5.41) is 13.9. The lowest BCUT2D eigenvalue weighted by Gasteiger charge is -2.10. The number of thiophene rings is 1. The summed E-state index contributed by atoms with van der Waals surface area (Å²) in [5.41, 5.74) is 1.68. The summed E-state index contributed by atoms with van der Waals surface area (Å²) >= 11 is 1.62. The van der Waals surface area contributed by atoms with Crippen molar-refractivity contribution in [3.05, 3.63) is 57.8 Å².